The van der Waals surface area contributed by atoms with E-state index in [4.69, 9.17) is 4.74 Å². The first-order chi connectivity index (χ1) is 13.9. The maximum Gasteiger partial charge on any atom is 0.142 e. The molecule has 1 N–H and O–H groups in total. The van der Waals surface area contributed by atoms with E-state index in [9.17, 15) is 0 Å². The lowest BCUT2D eigenvalue weighted by Crippen LogP contribution is -2.03. The molecule has 0 aliphatic rings. The monoisotopic (exact) mass is 365 g/mol. The largest absolute Gasteiger partial charge is 0.487 e. The summed E-state index contributed by atoms with van der Waals surface area (Å²) in [5.41, 5.74) is 5.87. The van der Waals surface area contributed by atoms with E-state index in [2.05, 4.69) is 72.0 Å². The van der Waals surface area contributed by atoms with Crippen LogP contribution in [0.3, 0.4) is 0 Å². The van der Waals surface area contributed by atoms with E-state index in [1.807, 2.05) is 42.5 Å². The average Bonchev–Trinajstić information content (AvgIpc) is 2.78. The van der Waals surface area contributed by atoms with Crippen LogP contribution in [0.1, 0.15) is 11.1 Å². The molecule has 2 nitrogen and oxygen atoms in total. The fraction of sp³-hybridized carbons (Fsp3) is 0.0769. The first-order valence-electron chi connectivity index (χ1n) is 9.52. The molecule has 0 amide bonds. The van der Waals surface area contributed by atoms with Crippen molar-refractivity contribution in [2.75, 3.05) is 5.32 Å². The third-order valence-corrected chi connectivity index (χ3v) is 4.67. The van der Waals surface area contributed by atoms with Gasteiger partial charge < -0.3 is 10.1 Å². The smallest absolute Gasteiger partial charge is 0.142 e. The minimum absolute atomic E-state index is 0.561. The number of ether oxygens (including phenoxy) is 1. The first kappa shape index (κ1) is 17.9. The van der Waals surface area contributed by atoms with Crippen LogP contribution in [-0.4, -0.2) is 0 Å². The lowest BCUT2D eigenvalue weighted by Gasteiger charge is -2.13. The zero-order valence-corrected chi connectivity index (χ0v) is 15.7. The fourth-order valence-corrected chi connectivity index (χ4v) is 3.12. The van der Waals surface area contributed by atoms with Gasteiger partial charge in [-0.15, -0.1) is 0 Å². The Hall–Kier alpha value is -3.52. The lowest BCUT2D eigenvalue weighted by atomic mass is 10.0. The summed E-state index contributed by atoms with van der Waals surface area (Å²) in [7, 11) is 0. The molecule has 28 heavy (non-hydrogen) atoms. The predicted molar refractivity (Wildman–Crippen MR) is 116 cm³/mol. The number of para-hydroxylation sites is 2. The molecule has 0 atom stereocenters. The van der Waals surface area contributed by atoms with Crippen LogP contribution in [0.5, 0.6) is 5.75 Å². The van der Waals surface area contributed by atoms with Gasteiger partial charge in [-0.2, -0.15) is 0 Å². The average molecular weight is 365 g/mol. The topological polar surface area (TPSA) is 21.3 Å². The summed E-state index contributed by atoms with van der Waals surface area (Å²) in [6.07, 6.45) is 0. The van der Waals surface area contributed by atoms with Crippen molar-refractivity contribution in [2.24, 2.45) is 0 Å². The Morgan fingerprint density at radius 2 is 1.14 bits per heavy atom. The molecule has 0 bridgehead atoms. The van der Waals surface area contributed by atoms with E-state index in [-0.39, 0.29) is 0 Å². The number of nitrogens with one attached hydrogen (secondary N) is 1. The van der Waals surface area contributed by atoms with Crippen molar-refractivity contribution in [3.8, 4) is 16.9 Å². The molecular formula is C26H23NO. The van der Waals surface area contributed by atoms with Crippen molar-refractivity contribution in [3.05, 3.63) is 120 Å². The summed E-state index contributed by atoms with van der Waals surface area (Å²) in [4.78, 5) is 0. The molecule has 0 spiro atoms. The van der Waals surface area contributed by atoms with Gasteiger partial charge in [0.05, 0.1) is 5.69 Å². The molecule has 138 valence electrons. The summed E-state index contributed by atoms with van der Waals surface area (Å²) in [6, 6.07) is 37.4. The third kappa shape index (κ3) is 4.60. The minimum Gasteiger partial charge on any atom is -0.487 e. The van der Waals surface area contributed by atoms with Crippen LogP contribution in [0.2, 0.25) is 0 Å². The van der Waals surface area contributed by atoms with Gasteiger partial charge in [-0.1, -0.05) is 97.1 Å². The van der Waals surface area contributed by atoms with Gasteiger partial charge in [0.25, 0.3) is 0 Å². The Bertz CT molecular complexity index is 995. The van der Waals surface area contributed by atoms with Crippen LogP contribution >= 0.6 is 0 Å². The standard InChI is InChI=1S/C26H23NO/c1-3-9-22(10-4-1)20-28-26-14-8-7-13-25(26)27-19-21-15-17-24(18-16-21)23-11-5-2-6-12-23/h1-18,27H,19-20H2. The third-order valence-electron chi connectivity index (χ3n) is 4.67. The zero-order chi connectivity index (χ0) is 19.0. The molecule has 0 saturated heterocycles. The highest BCUT2D eigenvalue weighted by molar-refractivity contribution is 5.63. The van der Waals surface area contributed by atoms with E-state index in [1.165, 1.54) is 16.7 Å². The Labute approximate surface area is 166 Å². The molecule has 0 aliphatic carbocycles. The van der Waals surface area contributed by atoms with Crippen molar-refractivity contribution < 1.29 is 4.74 Å². The van der Waals surface area contributed by atoms with E-state index in [0.717, 1.165) is 23.5 Å². The number of rotatable bonds is 7. The van der Waals surface area contributed by atoms with Crippen LogP contribution in [0, 0.1) is 0 Å². The highest BCUT2D eigenvalue weighted by atomic mass is 16.5. The Kier molecular flexibility index (Phi) is 5.69. The summed E-state index contributed by atoms with van der Waals surface area (Å²) in [5.74, 6) is 0.868. The number of benzene rings is 4. The quantitative estimate of drug-likeness (QED) is 0.401. The summed E-state index contributed by atoms with van der Waals surface area (Å²) >= 11 is 0. The van der Waals surface area contributed by atoms with Gasteiger partial charge in [0, 0.05) is 6.54 Å². The van der Waals surface area contributed by atoms with E-state index in [1.54, 1.807) is 0 Å². The Morgan fingerprint density at radius 1 is 0.536 bits per heavy atom. The summed E-state index contributed by atoms with van der Waals surface area (Å²) in [5, 5.41) is 3.50. The fourth-order valence-electron chi connectivity index (χ4n) is 3.12. The molecule has 4 aromatic rings. The molecule has 0 aromatic heterocycles. The van der Waals surface area contributed by atoms with Gasteiger partial charge >= 0.3 is 0 Å². The first-order valence-corrected chi connectivity index (χ1v) is 9.52. The Balaban J connectivity index is 1.39. The molecule has 2 heteroatoms. The predicted octanol–water partition coefficient (Wildman–Crippen LogP) is 6.54. The zero-order valence-electron chi connectivity index (χ0n) is 15.7. The van der Waals surface area contributed by atoms with E-state index < -0.39 is 0 Å². The van der Waals surface area contributed by atoms with Crippen LogP contribution in [0.4, 0.5) is 5.69 Å². The van der Waals surface area contributed by atoms with Crippen molar-refractivity contribution >= 4 is 5.69 Å². The molecular weight excluding hydrogens is 342 g/mol. The molecule has 0 saturated carbocycles. The second-order valence-electron chi connectivity index (χ2n) is 6.69. The maximum absolute atomic E-state index is 6.03. The van der Waals surface area contributed by atoms with Crippen LogP contribution in [0.25, 0.3) is 11.1 Å². The van der Waals surface area contributed by atoms with E-state index in [0.29, 0.717) is 6.61 Å². The lowest BCUT2D eigenvalue weighted by molar-refractivity contribution is 0.307. The number of hydrogen-bond donors (Lipinski definition) is 1. The maximum atomic E-state index is 6.03. The number of hydrogen-bond acceptors (Lipinski definition) is 2. The highest BCUT2D eigenvalue weighted by Gasteiger charge is 2.04. The minimum atomic E-state index is 0.561. The molecule has 4 aromatic carbocycles. The van der Waals surface area contributed by atoms with Crippen molar-refractivity contribution in [1.29, 1.82) is 0 Å². The molecule has 4 rings (SSSR count). The summed E-state index contributed by atoms with van der Waals surface area (Å²) < 4.78 is 6.03. The van der Waals surface area contributed by atoms with Crippen molar-refractivity contribution in [3.63, 3.8) is 0 Å². The highest BCUT2D eigenvalue weighted by Crippen LogP contribution is 2.26. The second kappa shape index (κ2) is 8.92. The second-order valence-corrected chi connectivity index (χ2v) is 6.69. The molecule has 0 heterocycles. The van der Waals surface area contributed by atoms with Gasteiger partial charge in [-0.3, -0.25) is 0 Å². The van der Waals surface area contributed by atoms with Crippen LogP contribution in [-0.2, 0) is 13.2 Å². The molecule has 0 unspecified atom stereocenters. The van der Waals surface area contributed by atoms with Gasteiger partial charge in [0.2, 0.25) is 0 Å². The van der Waals surface area contributed by atoms with Gasteiger partial charge in [-0.25, -0.2) is 0 Å². The van der Waals surface area contributed by atoms with E-state index >= 15 is 0 Å². The van der Waals surface area contributed by atoms with Gasteiger partial charge in [0.15, 0.2) is 0 Å². The van der Waals surface area contributed by atoms with Crippen LogP contribution in [0.15, 0.2) is 109 Å². The Morgan fingerprint density at radius 3 is 1.89 bits per heavy atom. The van der Waals surface area contributed by atoms with Crippen molar-refractivity contribution in [2.45, 2.75) is 13.2 Å². The molecule has 0 fully saturated rings. The normalized spacial score (nSPS) is 10.4. The van der Waals surface area contributed by atoms with Crippen LogP contribution < -0.4 is 10.1 Å². The van der Waals surface area contributed by atoms with Gasteiger partial charge in [0.1, 0.15) is 12.4 Å². The summed E-state index contributed by atoms with van der Waals surface area (Å²) in [6.45, 7) is 1.31. The number of anilines is 1. The molecule has 0 aliphatic heterocycles. The van der Waals surface area contributed by atoms with Gasteiger partial charge in [-0.05, 0) is 34.4 Å². The molecule has 0 radical (unpaired) electrons. The van der Waals surface area contributed by atoms with Crippen molar-refractivity contribution in [1.82, 2.24) is 0 Å². The SMILES string of the molecule is c1ccc(COc2ccccc2NCc2ccc(-c3ccccc3)cc2)cc1.